The third kappa shape index (κ3) is 5.71. The van der Waals surface area contributed by atoms with Crippen LogP contribution < -0.4 is 22.3 Å². The molecule has 12 nitrogen and oxygen atoms in total. The van der Waals surface area contributed by atoms with Crippen molar-refractivity contribution in [2.24, 2.45) is 16.5 Å². The number of nitrogens with two attached hydrogens (primary N) is 2. The van der Waals surface area contributed by atoms with Crippen molar-refractivity contribution in [3.63, 3.8) is 0 Å². The fraction of sp³-hybridized carbons (Fsp3) is 0.292. The second-order valence-electron chi connectivity index (χ2n) is 8.27. The summed E-state index contributed by atoms with van der Waals surface area (Å²) in [5.74, 6) is -6.18. The van der Waals surface area contributed by atoms with E-state index in [0.717, 1.165) is 23.8 Å². The molecule has 2 amide bonds. The Labute approximate surface area is 205 Å². The standard InChI is InChI=1S/C24H27N5O7/c25-15(13-7-3-1-4-8-13)11-16(26)28-22(34)19-20(32)18(21(33)27-12-17(30)31)23(35)29(24(19)36)14-9-5-2-6-10-14/h1,3-4,7-8,11,14,32,35H,2,5-6,9-10,12,25H2,(H,27,33)(H,30,31)(H2,26,28,34)/b15-11-. The number of amides is 2. The third-order valence-electron chi connectivity index (χ3n) is 5.78. The molecule has 0 bridgehead atoms. The SMILES string of the molecule is NC(/C=C(\N)c1ccccc1)=NC(=O)c1c(O)c(C(=O)NCC(=O)O)c(O)n(C2CCCCC2)c1=O. The van der Waals surface area contributed by atoms with Gasteiger partial charge in [0.15, 0.2) is 5.75 Å². The summed E-state index contributed by atoms with van der Waals surface area (Å²) >= 11 is 0. The minimum atomic E-state index is -1.38. The molecule has 8 N–H and O–H groups in total. The topological polar surface area (TPSA) is 210 Å². The van der Waals surface area contributed by atoms with Crippen LogP contribution in [0.5, 0.6) is 11.6 Å². The van der Waals surface area contributed by atoms with Crippen LogP contribution in [0.1, 0.15) is 64.4 Å². The lowest BCUT2D eigenvalue weighted by Gasteiger charge is -2.26. The molecule has 1 aliphatic rings. The average molecular weight is 498 g/mol. The molecule has 1 aliphatic carbocycles. The molecule has 2 aromatic rings. The summed E-state index contributed by atoms with van der Waals surface area (Å²) in [6.07, 6.45) is 4.59. The van der Waals surface area contributed by atoms with E-state index >= 15 is 0 Å². The Kier molecular flexibility index (Phi) is 8.10. The first-order valence-electron chi connectivity index (χ1n) is 11.2. The maximum absolute atomic E-state index is 13.3. The monoisotopic (exact) mass is 497 g/mol. The van der Waals surface area contributed by atoms with Crippen molar-refractivity contribution >= 4 is 29.3 Å². The molecule has 1 heterocycles. The summed E-state index contributed by atoms with van der Waals surface area (Å²) < 4.78 is 0.877. The van der Waals surface area contributed by atoms with Crippen LogP contribution in [0.25, 0.3) is 5.70 Å². The van der Waals surface area contributed by atoms with Crippen LogP contribution >= 0.6 is 0 Å². The normalized spacial score (nSPS) is 14.9. The van der Waals surface area contributed by atoms with E-state index in [2.05, 4.69) is 4.99 Å². The fourth-order valence-electron chi connectivity index (χ4n) is 4.07. The number of hydrogen-bond donors (Lipinski definition) is 6. The predicted molar refractivity (Wildman–Crippen MR) is 131 cm³/mol. The molecule has 0 radical (unpaired) electrons. The van der Waals surface area contributed by atoms with Crippen molar-refractivity contribution in [1.29, 1.82) is 0 Å². The molecule has 36 heavy (non-hydrogen) atoms. The Hall–Kier alpha value is -4.61. The van der Waals surface area contributed by atoms with Crippen LogP contribution in [0.3, 0.4) is 0 Å². The lowest BCUT2D eigenvalue weighted by molar-refractivity contribution is -0.135. The largest absolute Gasteiger partial charge is 0.506 e. The molecule has 0 atom stereocenters. The molecule has 190 valence electrons. The number of aromatic nitrogens is 1. The van der Waals surface area contributed by atoms with Gasteiger partial charge in [-0.25, -0.2) is 0 Å². The molecule has 1 fully saturated rings. The Morgan fingerprint density at radius 2 is 1.69 bits per heavy atom. The summed E-state index contributed by atoms with van der Waals surface area (Å²) in [5, 5.41) is 32.3. The van der Waals surface area contributed by atoms with Gasteiger partial charge in [0.2, 0.25) is 5.88 Å². The second kappa shape index (κ2) is 11.2. The van der Waals surface area contributed by atoms with Gasteiger partial charge in [-0.15, -0.1) is 0 Å². The van der Waals surface area contributed by atoms with Gasteiger partial charge in [0.05, 0.1) is 0 Å². The molecular weight excluding hydrogens is 470 g/mol. The minimum absolute atomic E-state index is 0.188. The average Bonchev–Trinajstić information content (AvgIpc) is 2.83. The Morgan fingerprint density at radius 1 is 1.06 bits per heavy atom. The fourth-order valence-corrected chi connectivity index (χ4v) is 4.07. The summed E-state index contributed by atoms with van der Waals surface area (Å²) in [4.78, 5) is 53.4. The van der Waals surface area contributed by atoms with Crippen LogP contribution in [-0.4, -0.2) is 50.1 Å². The van der Waals surface area contributed by atoms with Crippen molar-refractivity contribution in [2.75, 3.05) is 6.54 Å². The van der Waals surface area contributed by atoms with Crippen molar-refractivity contribution in [1.82, 2.24) is 9.88 Å². The highest BCUT2D eigenvalue weighted by Gasteiger charge is 2.32. The lowest BCUT2D eigenvalue weighted by Crippen LogP contribution is -2.35. The van der Waals surface area contributed by atoms with E-state index in [1.165, 1.54) is 6.08 Å². The Morgan fingerprint density at radius 3 is 2.31 bits per heavy atom. The zero-order valence-electron chi connectivity index (χ0n) is 19.3. The van der Waals surface area contributed by atoms with E-state index in [0.29, 0.717) is 18.4 Å². The molecule has 0 spiro atoms. The number of amidine groups is 1. The maximum Gasteiger partial charge on any atom is 0.322 e. The molecular formula is C24H27N5O7. The number of hydrogen-bond acceptors (Lipinski definition) is 7. The van der Waals surface area contributed by atoms with Gasteiger partial charge in [-0.3, -0.25) is 23.7 Å². The van der Waals surface area contributed by atoms with Crippen LogP contribution in [-0.2, 0) is 4.79 Å². The van der Waals surface area contributed by atoms with E-state index in [1.807, 2.05) is 5.32 Å². The Balaban J connectivity index is 2.11. The maximum atomic E-state index is 13.3. The van der Waals surface area contributed by atoms with E-state index < -0.39 is 58.7 Å². The van der Waals surface area contributed by atoms with Crippen molar-refractivity contribution in [2.45, 2.75) is 38.1 Å². The number of nitrogens with one attached hydrogen (secondary N) is 1. The number of aliphatic imine (C=N–C) groups is 1. The lowest BCUT2D eigenvalue weighted by atomic mass is 9.94. The number of rotatable bonds is 7. The van der Waals surface area contributed by atoms with Gasteiger partial charge >= 0.3 is 5.97 Å². The number of aromatic hydroxyl groups is 2. The summed E-state index contributed by atoms with van der Waals surface area (Å²) in [6, 6.07) is 8.14. The highest BCUT2D eigenvalue weighted by atomic mass is 16.4. The van der Waals surface area contributed by atoms with Gasteiger partial charge in [-0.2, -0.15) is 4.99 Å². The number of aliphatic carboxylic acids is 1. The first-order valence-corrected chi connectivity index (χ1v) is 11.2. The summed E-state index contributed by atoms with van der Waals surface area (Å²) in [7, 11) is 0. The van der Waals surface area contributed by atoms with Crippen LogP contribution in [0.15, 0.2) is 46.2 Å². The van der Waals surface area contributed by atoms with Crippen molar-refractivity contribution < 1.29 is 29.7 Å². The molecule has 0 unspecified atom stereocenters. The number of nitrogens with zero attached hydrogens (tertiary/aromatic N) is 2. The molecule has 1 saturated carbocycles. The third-order valence-corrected chi connectivity index (χ3v) is 5.78. The number of carboxylic acid groups (broad SMARTS) is 1. The zero-order chi connectivity index (χ0) is 26.4. The van der Waals surface area contributed by atoms with E-state index in [4.69, 9.17) is 16.6 Å². The molecule has 1 aromatic carbocycles. The molecule has 0 saturated heterocycles. The van der Waals surface area contributed by atoms with Crippen LogP contribution in [0.2, 0.25) is 0 Å². The van der Waals surface area contributed by atoms with Gasteiger partial charge in [-0.1, -0.05) is 49.6 Å². The van der Waals surface area contributed by atoms with Gasteiger partial charge in [-0.05, 0) is 18.4 Å². The molecule has 12 heteroatoms. The number of carboxylic acids is 1. The molecule has 1 aromatic heterocycles. The first kappa shape index (κ1) is 26.0. The van der Waals surface area contributed by atoms with Crippen molar-refractivity contribution in [3.05, 3.63) is 63.5 Å². The summed E-state index contributed by atoms with van der Waals surface area (Å²) in [6.45, 7) is -0.821. The van der Waals surface area contributed by atoms with Gasteiger partial charge in [0.25, 0.3) is 17.4 Å². The highest BCUT2D eigenvalue weighted by Crippen LogP contribution is 2.35. The second-order valence-corrected chi connectivity index (χ2v) is 8.27. The van der Waals surface area contributed by atoms with Crippen LogP contribution in [0, 0.1) is 0 Å². The predicted octanol–water partition coefficient (Wildman–Crippen LogP) is 1.08. The number of carbonyl (C=O) groups excluding carboxylic acids is 2. The van der Waals surface area contributed by atoms with Gasteiger partial charge in [0.1, 0.15) is 23.5 Å². The number of pyridine rings is 1. The minimum Gasteiger partial charge on any atom is -0.506 e. The van der Waals surface area contributed by atoms with E-state index in [9.17, 15) is 29.4 Å². The van der Waals surface area contributed by atoms with Gasteiger partial charge < -0.3 is 32.1 Å². The number of carbonyl (C=O) groups is 3. The molecule has 3 rings (SSSR count). The van der Waals surface area contributed by atoms with Gasteiger partial charge in [0, 0.05) is 17.8 Å². The quantitative estimate of drug-likeness (QED) is 0.238. The van der Waals surface area contributed by atoms with Crippen molar-refractivity contribution in [3.8, 4) is 11.6 Å². The highest BCUT2D eigenvalue weighted by molar-refractivity contribution is 6.11. The van der Waals surface area contributed by atoms with E-state index in [1.54, 1.807) is 30.3 Å². The number of benzene rings is 1. The summed E-state index contributed by atoms with van der Waals surface area (Å²) in [5.41, 5.74) is 9.86. The Bertz CT molecular complexity index is 1290. The van der Waals surface area contributed by atoms with Crippen LogP contribution in [0.4, 0.5) is 0 Å². The van der Waals surface area contributed by atoms with E-state index in [-0.39, 0.29) is 11.5 Å². The smallest absolute Gasteiger partial charge is 0.322 e. The molecule has 0 aliphatic heterocycles. The first-order chi connectivity index (χ1) is 17.1. The zero-order valence-corrected chi connectivity index (χ0v) is 19.3.